The van der Waals surface area contributed by atoms with Crippen molar-refractivity contribution in [1.29, 1.82) is 0 Å². The lowest BCUT2D eigenvalue weighted by Gasteiger charge is -2.05. The van der Waals surface area contributed by atoms with Crippen LogP contribution in [0.1, 0.15) is 0 Å². The number of halogens is 2. The van der Waals surface area contributed by atoms with Crippen molar-refractivity contribution in [3.63, 3.8) is 0 Å². The van der Waals surface area contributed by atoms with Crippen LogP contribution in [0.5, 0.6) is 5.75 Å². The molecule has 2 nitrogen and oxygen atoms in total. The summed E-state index contributed by atoms with van der Waals surface area (Å²) < 4.78 is 17.5. The molecule has 0 aliphatic rings. The van der Waals surface area contributed by atoms with Gasteiger partial charge in [-0.3, -0.25) is 0 Å². The molecule has 0 bridgehead atoms. The van der Waals surface area contributed by atoms with E-state index in [2.05, 4.69) is 15.9 Å². The lowest BCUT2D eigenvalue weighted by atomic mass is 10.3. The zero-order valence-electron chi connectivity index (χ0n) is 6.39. The second-order valence-corrected chi connectivity index (χ2v) is 3.08. The average molecular weight is 234 g/mol. The Labute approximate surface area is 78.6 Å². The number of rotatable bonds is 3. The van der Waals surface area contributed by atoms with Crippen LogP contribution in [0.25, 0.3) is 0 Å². The molecule has 1 aromatic rings. The number of hydrogen-bond acceptors (Lipinski definition) is 2. The second kappa shape index (κ2) is 4.30. The van der Waals surface area contributed by atoms with Crippen molar-refractivity contribution in [2.24, 2.45) is 0 Å². The van der Waals surface area contributed by atoms with Crippen LogP contribution in [-0.4, -0.2) is 13.3 Å². The van der Waals surface area contributed by atoms with Crippen LogP contribution < -0.4 is 10.5 Å². The maximum absolute atomic E-state index is 11.7. The van der Waals surface area contributed by atoms with Crippen LogP contribution in [0.15, 0.2) is 22.7 Å². The van der Waals surface area contributed by atoms with Crippen molar-refractivity contribution in [2.45, 2.75) is 0 Å². The lowest BCUT2D eigenvalue weighted by molar-refractivity contribution is 0.272. The van der Waals surface area contributed by atoms with Crippen molar-refractivity contribution in [2.75, 3.05) is 19.0 Å². The summed E-state index contributed by atoms with van der Waals surface area (Å²) in [5, 5.41) is 0. The fourth-order valence-corrected chi connectivity index (χ4v) is 1.29. The minimum atomic E-state index is -0.489. The van der Waals surface area contributed by atoms with Gasteiger partial charge in [-0.25, -0.2) is 4.39 Å². The van der Waals surface area contributed by atoms with Crippen molar-refractivity contribution in [1.82, 2.24) is 0 Å². The molecular weight excluding hydrogens is 225 g/mol. The lowest BCUT2D eigenvalue weighted by Crippen LogP contribution is -1.99. The van der Waals surface area contributed by atoms with Crippen LogP contribution in [-0.2, 0) is 0 Å². The molecule has 0 fully saturated rings. The van der Waals surface area contributed by atoms with Gasteiger partial charge in [-0.05, 0) is 34.1 Å². The van der Waals surface area contributed by atoms with E-state index in [4.69, 9.17) is 10.5 Å². The Morgan fingerprint density at radius 1 is 1.50 bits per heavy atom. The summed E-state index contributed by atoms with van der Waals surface area (Å²) >= 11 is 3.25. The number of anilines is 1. The number of alkyl halides is 1. The molecule has 0 aliphatic heterocycles. The molecule has 0 atom stereocenters. The first-order chi connectivity index (χ1) is 5.74. The minimum absolute atomic E-state index is 0.0719. The van der Waals surface area contributed by atoms with Crippen molar-refractivity contribution < 1.29 is 9.13 Å². The summed E-state index contributed by atoms with van der Waals surface area (Å²) in [6, 6.07) is 5.13. The summed E-state index contributed by atoms with van der Waals surface area (Å²) in [4.78, 5) is 0. The predicted octanol–water partition coefficient (Wildman–Crippen LogP) is 2.38. The molecule has 0 aliphatic carbocycles. The molecule has 0 saturated heterocycles. The maximum Gasteiger partial charge on any atom is 0.133 e. The monoisotopic (exact) mass is 233 g/mol. The highest BCUT2D eigenvalue weighted by Gasteiger charge is 1.99. The highest BCUT2D eigenvalue weighted by atomic mass is 79.9. The van der Waals surface area contributed by atoms with E-state index < -0.39 is 6.67 Å². The maximum atomic E-state index is 11.7. The van der Waals surface area contributed by atoms with E-state index in [-0.39, 0.29) is 6.61 Å². The van der Waals surface area contributed by atoms with Crippen LogP contribution in [0, 0.1) is 0 Å². The Morgan fingerprint density at radius 2 is 2.25 bits per heavy atom. The van der Waals surface area contributed by atoms with Gasteiger partial charge in [0.25, 0.3) is 0 Å². The summed E-state index contributed by atoms with van der Waals surface area (Å²) in [7, 11) is 0. The minimum Gasteiger partial charge on any atom is -0.490 e. The van der Waals surface area contributed by atoms with Gasteiger partial charge < -0.3 is 10.5 Å². The van der Waals surface area contributed by atoms with Crippen molar-refractivity contribution in [3.05, 3.63) is 22.7 Å². The van der Waals surface area contributed by atoms with Crippen LogP contribution in [0.2, 0.25) is 0 Å². The topological polar surface area (TPSA) is 35.2 Å². The largest absolute Gasteiger partial charge is 0.490 e. The van der Waals surface area contributed by atoms with E-state index in [0.29, 0.717) is 11.4 Å². The molecule has 0 unspecified atom stereocenters. The Kier molecular flexibility index (Phi) is 3.34. The third kappa shape index (κ3) is 2.37. The first-order valence-corrected chi connectivity index (χ1v) is 4.27. The van der Waals surface area contributed by atoms with E-state index in [1.54, 1.807) is 18.2 Å². The Hall–Kier alpha value is -0.770. The fourth-order valence-electron chi connectivity index (χ4n) is 0.783. The third-order valence-electron chi connectivity index (χ3n) is 1.29. The van der Waals surface area contributed by atoms with E-state index in [9.17, 15) is 4.39 Å². The molecule has 2 N–H and O–H groups in total. The molecule has 1 rings (SSSR count). The van der Waals surface area contributed by atoms with E-state index in [1.165, 1.54) is 0 Å². The molecule has 0 amide bonds. The Bertz CT molecular complexity index is 267. The average Bonchev–Trinajstić information content (AvgIpc) is 2.03. The highest BCUT2D eigenvalue weighted by Crippen LogP contribution is 2.26. The highest BCUT2D eigenvalue weighted by molar-refractivity contribution is 9.10. The SMILES string of the molecule is Nc1ccc(OCCF)c(Br)c1. The van der Waals surface area contributed by atoms with Gasteiger partial charge in [0.2, 0.25) is 0 Å². The van der Waals surface area contributed by atoms with E-state index in [0.717, 1.165) is 4.47 Å². The summed E-state index contributed by atoms with van der Waals surface area (Å²) in [6.07, 6.45) is 0. The normalized spacial score (nSPS) is 9.83. The number of ether oxygens (including phenoxy) is 1. The van der Waals surface area contributed by atoms with Crippen LogP contribution >= 0.6 is 15.9 Å². The van der Waals surface area contributed by atoms with Gasteiger partial charge >= 0.3 is 0 Å². The zero-order valence-corrected chi connectivity index (χ0v) is 7.97. The molecule has 0 heterocycles. The number of benzene rings is 1. The first-order valence-electron chi connectivity index (χ1n) is 3.48. The van der Waals surface area contributed by atoms with Crippen molar-refractivity contribution in [3.8, 4) is 5.75 Å². The molecule has 0 radical (unpaired) electrons. The van der Waals surface area contributed by atoms with Gasteiger partial charge in [0, 0.05) is 5.69 Å². The van der Waals surface area contributed by atoms with Gasteiger partial charge in [0.1, 0.15) is 19.0 Å². The number of hydrogen-bond donors (Lipinski definition) is 1. The molecule has 12 heavy (non-hydrogen) atoms. The summed E-state index contributed by atoms with van der Waals surface area (Å²) in [6.45, 7) is -0.417. The molecule has 1 aromatic carbocycles. The molecule has 0 saturated carbocycles. The molecular formula is C8H9BrFNO. The summed E-state index contributed by atoms with van der Waals surface area (Å²) in [5.74, 6) is 0.613. The van der Waals surface area contributed by atoms with Gasteiger partial charge in [0.15, 0.2) is 0 Å². The van der Waals surface area contributed by atoms with Gasteiger partial charge in [-0.1, -0.05) is 0 Å². The van der Waals surface area contributed by atoms with Crippen LogP contribution in [0.3, 0.4) is 0 Å². The van der Waals surface area contributed by atoms with Crippen LogP contribution in [0.4, 0.5) is 10.1 Å². The Balaban J connectivity index is 2.72. The van der Waals surface area contributed by atoms with Gasteiger partial charge in [-0.2, -0.15) is 0 Å². The summed E-state index contributed by atoms with van der Waals surface area (Å²) in [5.41, 5.74) is 6.14. The molecule has 4 heteroatoms. The molecule has 66 valence electrons. The standard InChI is InChI=1S/C8H9BrFNO/c9-7-5-6(11)1-2-8(7)12-4-3-10/h1-2,5H,3-4,11H2. The van der Waals surface area contributed by atoms with E-state index >= 15 is 0 Å². The van der Waals surface area contributed by atoms with Gasteiger partial charge in [-0.15, -0.1) is 0 Å². The predicted molar refractivity (Wildman–Crippen MR) is 50.0 cm³/mol. The first kappa shape index (κ1) is 9.32. The Morgan fingerprint density at radius 3 is 2.83 bits per heavy atom. The number of nitrogen functional groups attached to an aromatic ring is 1. The second-order valence-electron chi connectivity index (χ2n) is 2.23. The molecule has 0 spiro atoms. The fraction of sp³-hybridized carbons (Fsp3) is 0.250. The zero-order chi connectivity index (χ0) is 8.97. The quantitative estimate of drug-likeness (QED) is 0.815. The van der Waals surface area contributed by atoms with E-state index in [1.807, 2.05) is 0 Å². The smallest absolute Gasteiger partial charge is 0.133 e. The third-order valence-corrected chi connectivity index (χ3v) is 1.91. The number of nitrogens with two attached hydrogens (primary N) is 1. The van der Waals surface area contributed by atoms with Crippen molar-refractivity contribution >= 4 is 21.6 Å². The molecule has 0 aromatic heterocycles. The van der Waals surface area contributed by atoms with Gasteiger partial charge in [0.05, 0.1) is 4.47 Å².